The van der Waals surface area contributed by atoms with Crippen molar-refractivity contribution in [3.05, 3.63) is 76.8 Å². The largest absolute Gasteiger partial charge is 0.497 e. The van der Waals surface area contributed by atoms with Gasteiger partial charge < -0.3 is 10.1 Å². The maximum Gasteiger partial charge on any atom is 0.260 e. The van der Waals surface area contributed by atoms with Gasteiger partial charge in [0.05, 0.1) is 31.0 Å². The van der Waals surface area contributed by atoms with E-state index in [0.29, 0.717) is 30.2 Å². The van der Waals surface area contributed by atoms with Crippen molar-refractivity contribution in [3.63, 3.8) is 0 Å². The maximum absolute atomic E-state index is 13.1. The van der Waals surface area contributed by atoms with Crippen LogP contribution < -0.4 is 15.0 Å². The summed E-state index contributed by atoms with van der Waals surface area (Å²) in [6.07, 6.45) is 5.73. The first kappa shape index (κ1) is 21.9. The monoisotopic (exact) mass is 489 g/mol. The minimum absolute atomic E-state index is 0.0801. The predicted molar refractivity (Wildman–Crippen MR) is 131 cm³/mol. The highest BCUT2D eigenvalue weighted by atomic mass is 35.5. The molecule has 3 aliphatic rings. The minimum Gasteiger partial charge on any atom is -0.497 e. The molecule has 1 N–H and O–H groups in total. The lowest BCUT2D eigenvalue weighted by Crippen LogP contribution is -2.32. The van der Waals surface area contributed by atoms with Gasteiger partial charge in [-0.05, 0) is 48.6 Å². The van der Waals surface area contributed by atoms with Gasteiger partial charge in [0, 0.05) is 5.02 Å². The van der Waals surface area contributed by atoms with Crippen LogP contribution in [0, 0.1) is 11.8 Å². The third-order valence-corrected chi connectivity index (χ3v) is 7.51. The van der Waals surface area contributed by atoms with E-state index in [1.165, 1.54) is 4.90 Å². The highest BCUT2D eigenvalue weighted by Gasteiger charge is 2.50. The first-order chi connectivity index (χ1) is 17.0. The number of carbonyl (C=O) groups excluding carboxylic acids is 2. The average molecular weight is 490 g/mol. The van der Waals surface area contributed by atoms with E-state index in [-0.39, 0.29) is 41.7 Å². The summed E-state index contributed by atoms with van der Waals surface area (Å²) in [7, 11) is 1.64. The highest BCUT2D eigenvalue weighted by molar-refractivity contribution is 6.31. The predicted octanol–water partition coefficient (Wildman–Crippen LogP) is 4.54. The molecule has 3 heterocycles. The topological polar surface area (TPSA) is 89.4 Å². The first-order valence-corrected chi connectivity index (χ1v) is 12.1. The van der Waals surface area contributed by atoms with Crippen molar-refractivity contribution in [2.75, 3.05) is 17.3 Å². The summed E-state index contributed by atoms with van der Waals surface area (Å²) in [6, 6.07) is 15.2. The van der Waals surface area contributed by atoms with Crippen LogP contribution in [0.25, 0.3) is 0 Å². The summed E-state index contributed by atoms with van der Waals surface area (Å²) in [5.41, 5.74) is 1.97. The number of carbonyl (C=O) groups is 2. The molecule has 2 aromatic carbocycles. The van der Waals surface area contributed by atoms with E-state index >= 15 is 0 Å². The summed E-state index contributed by atoms with van der Waals surface area (Å²) < 4.78 is 7.05. The lowest BCUT2D eigenvalue weighted by molar-refractivity contribution is -0.122. The van der Waals surface area contributed by atoms with Crippen LogP contribution in [0.4, 0.5) is 11.9 Å². The van der Waals surface area contributed by atoms with E-state index in [0.717, 1.165) is 16.9 Å². The van der Waals surface area contributed by atoms with E-state index in [2.05, 4.69) is 15.4 Å². The van der Waals surface area contributed by atoms with Crippen molar-refractivity contribution in [3.8, 4) is 5.75 Å². The molecule has 178 valence electrons. The molecule has 2 aliphatic heterocycles. The number of hydrogen-bond donors (Lipinski definition) is 1. The van der Waals surface area contributed by atoms with Crippen molar-refractivity contribution >= 4 is 35.3 Å². The molecule has 1 fully saturated rings. The van der Waals surface area contributed by atoms with Crippen LogP contribution >= 0.6 is 11.6 Å². The van der Waals surface area contributed by atoms with Crippen molar-refractivity contribution in [2.24, 2.45) is 11.8 Å². The van der Waals surface area contributed by atoms with Crippen LogP contribution in [0.5, 0.6) is 5.75 Å². The van der Waals surface area contributed by atoms with Crippen LogP contribution in [0.15, 0.2) is 60.7 Å². The molecule has 0 saturated carbocycles. The Morgan fingerprint density at radius 3 is 2.34 bits per heavy atom. The van der Waals surface area contributed by atoms with Gasteiger partial charge >= 0.3 is 0 Å². The van der Waals surface area contributed by atoms with Gasteiger partial charge in [-0.2, -0.15) is 4.98 Å². The molecule has 0 radical (unpaired) electrons. The molecule has 3 aromatic rings. The molecule has 1 saturated heterocycles. The number of halogens is 1. The average Bonchev–Trinajstić information content (AvgIpc) is 3.42. The molecule has 8 nitrogen and oxygen atoms in total. The molecular weight excluding hydrogens is 466 g/mol. The van der Waals surface area contributed by atoms with Crippen molar-refractivity contribution in [1.29, 1.82) is 0 Å². The van der Waals surface area contributed by atoms with Gasteiger partial charge in [0.2, 0.25) is 17.8 Å². The molecule has 0 bridgehead atoms. The summed E-state index contributed by atoms with van der Waals surface area (Å²) in [6.45, 7) is 0. The van der Waals surface area contributed by atoms with Crippen LogP contribution in [0.3, 0.4) is 0 Å². The number of fused-ring (bicyclic) bond motifs is 2. The van der Waals surface area contributed by atoms with Crippen molar-refractivity contribution < 1.29 is 14.3 Å². The number of nitrogens with zero attached hydrogens (tertiary/aromatic N) is 4. The Labute approximate surface area is 207 Å². The normalized spacial score (nSPS) is 25.3. The molecule has 1 aliphatic carbocycles. The summed E-state index contributed by atoms with van der Waals surface area (Å²) in [5.74, 6) is 0.246. The fourth-order valence-corrected chi connectivity index (χ4v) is 5.58. The Morgan fingerprint density at radius 1 is 1.00 bits per heavy atom. The first-order valence-electron chi connectivity index (χ1n) is 11.7. The molecule has 4 atom stereocenters. The number of anilines is 2. The van der Waals surface area contributed by atoms with Crippen molar-refractivity contribution in [1.82, 2.24) is 14.8 Å². The Balaban J connectivity index is 1.40. The number of rotatable bonds is 4. The maximum atomic E-state index is 13.1. The molecular formula is C26H24ClN5O3. The standard InChI is InChI=1S/C26H24ClN5O3/c1-35-16-12-10-15(11-13-16)21-14-22(19-8-4-5-9-20(19)27)32-25(28-21)29-26(30-32)31-23(33)17-6-2-3-7-18(17)24(31)34/h2-5,8-13,17-18,21-22H,6-7,14H2,1H3,(H,28,29,30)/t17-,18-,21+,22-/m0/s1. The summed E-state index contributed by atoms with van der Waals surface area (Å²) >= 11 is 6.60. The van der Waals surface area contributed by atoms with Gasteiger partial charge in [0.15, 0.2) is 0 Å². The number of nitrogens with one attached hydrogen (secondary N) is 1. The van der Waals surface area contributed by atoms with Crippen LogP contribution in [-0.2, 0) is 9.59 Å². The fraction of sp³-hybridized carbons (Fsp3) is 0.308. The zero-order chi connectivity index (χ0) is 24.1. The number of aromatic nitrogens is 3. The number of methoxy groups -OCH3 is 1. The Bertz CT molecular complexity index is 1310. The van der Waals surface area contributed by atoms with E-state index in [9.17, 15) is 9.59 Å². The second kappa shape index (κ2) is 8.53. The van der Waals surface area contributed by atoms with E-state index in [4.69, 9.17) is 16.3 Å². The Hall–Kier alpha value is -3.65. The number of hydrogen-bond acceptors (Lipinski definition) is 6. The second-order valence-corrected chi connectivity index (χ2v) is 9.50. The van der Waals surface area contributed by atoms with Gasteiger partial charge in [-0.1, -0.05) is 54.1 Å². The fourth-order valence-electron chi connectivity index (χ4n) is 5.32. The lowest BCUT2D eigenvalue weighted by atomic mass is 9.85. The number of amides is 2. The molecule has 0 unspecified atom stereocenters. The lowest BCUT2D eigenvalue weighted by Gasteiger charge is -2.32. The number of allylic oxidation sites excluding steroid dienone is 2. The van der Waals surface area contributed by atoms with E-state index < -0.39 is 0 Å². The molecule has 2 amide bonds. The van der Waals surface area contributed by atoms with E-state index in [1.54, 1.807) is 11.8 Å². The second-order valence-electron chi connectivity index (χ2n) is 9.09. The smallest absolute Gasteiger partial charge is 0.260 e. The van der Waals surface area contributed by atoms with Gasteiger partial charge in [-0.15, -0.1) is 5.10 Å². The summed E-state index contributed by atoms with van der Waals surface area (Å²) in [4.78, 5) is 32.1. The molecule has 6 rings (SSSR count). The number of imide groups is 1. The molecule has 1 aromatic heterocycles. The Kier molecular flexibility index (Phi) is 5.33. The van der Waals surface area contributed by atoms with Gasteiger partial charge in [0.25, 0.3) is 5.95 Å². The quantitative estimate of drug-likeness (QED) is 0.427. The Morgan fingerprint density at radius 2 is 1.69 bits per heavy atom. The zero-order valence-electron chi connectivity index (χ0n) is 19.1. The van der Waals surface area contributed by atoms with Gasteiger partial charge in [0.1, 0.15) is 5.75 Å². The van der Waals surface area contributed by atoms with Gasteiger partial charge in [-0.25, -0.2) is 9.58 Å². The molecule has 0 spiro atoms. The van der Waals surface area contributed by atoms with Crippen LogP contribution in [0.1, 0.15) is 42.5 Å². The highest BCUT2D eigenvalue weighted by Crippen LogP contribution is 2.42. The molecule has 9 heteroatoms. The van der Waals surface area contributed by atoms with Crippen molar-refractivity contribution in [2.45, 2.75) is 31.3 Å². The third kappa shape index (κ3) is 3.60. The van der Waals surface area contributed by atoms with Gasteiger partial charge in [-0.3, -0.25) is 9.59 Å². The summed E-state index contributed by atoms with van der Waals surface area (Å²) in [5, 5.41) is 8.75. The zero-order valence-corrected chi connectivity index (χ0v) is 19.9. The third-order valence-electron chi connectivity index (χ3n) is 7.17. The SMILES string of the molecule is COc1ccc([C@H]2C[C@@H](c3ccccc3Cl)n3nc(N4C(=O)[C@H]5CC=CC[C@@H]5C4=O)nc3N2)cc1. The minimum atomic E-state index is -0.340. The van der Waals surface area contributed by atoms with Crippen LogP contribution in [0.2, 0.25) is 5.02 Å². The molecule has 35 heavy (non-hydrogen) atoms. The number of benzene rings is 2. The number of ether oxygens (including phenoxy) is 1. The van der Waals surface area contributed by atoms with Crippen LogP contribution in [-0.4, -0.2) is 33.7 Å². The van der Waals surface area contributed by atoms with E-state index in [1.807, 2.05) is 60.7 Å².